The molecule has 1 aliphatic rings. The molecule has 1 N–H and O–H groups in total. The topological polar surface area (TPSA) is 41.6 Å². The molecule has 0 radical (unpaired) electrons. The molecule has 0 aliphatic carbocycles. The first kappa shape index (κ1) is 16.6. The minimum atomic E-state index is 0.190. The molecule has 1 aromatic carbocycles. The minimum absolute atomic E-state index is 0.190. The molecule has 6 heteroatoms. The number of carbonyl (C=O) groups excluding carboxylic acids is 1. The van der Waals surface area contributed by atoms with Crippen LogP contribution in [0.5, 0.6) is 0 Å². The highest BCUT2D eigenvalue weighted by molar-refractivity contribution is 6.35. The normalized spacial score (nSPS) is 15.2. The fourth-order valence-electron chi connectivity index (χ4n) is 2.24. The maximum absolute atomic E-state index is 11.9. The van der Waals surface area contributed by atoms with E-state index < -0.39 is 0 Å². The van der Waals surface area contributed by atoms with E-state index >= 15 is 0 Å². The van der Waals surface area contributed by atoms with Crippen LogP contribution in [0.1, 0.15) is 12.0 Å². The highest BCUT2D eigenvalue weighted by atomic mass is 35.5. The van der Waals surface area contributed by atoms with Gasteiger partial charge in [-0.15, -0.1) is 0 Å². The molecule has 1 heterocycles. The molecule has 0 saturated carbocycles. The standard InChI is InChI=1S/C15H20Cl2N2O2/c16-13-2-1-12(14(17)11-13)3-5-18-6-4-15(20)19-7-9-21-10-8-19/h1-2,11,18H,3-10H2. The molecule has 0 bridgehead atoms. The predicted molar refractivity (Wildman–Crippen MR) is 85.1 cm³/mol. The number of halogens is 2. The van der Waals surface area contributed by atoms with Crippen molar-refractivity contribution in [1.82, 2.24) is 10.2 Å². The number of ether oxygens (including phenoxy) is 1. The van der Waals surface area contributed by atoms with Gasteiger partial charge in [-0.2, -0.15) is 0 Å². The average Bonchev–Trinajstić information content (AvgIpc) is 2.49. The van der Waals surface area contributed by atoms with Gasteiger partial charge in [0.2, 0.25) is 5.91 Å². The zero-order valence-electron chi connectivity index (χ0n) is 11.9. The van der Waals surface area contributed by atoms with Gasteiger partial charge in [0.05, 0.1) is 13.2 Å². The molecule has 0 aromatic heterocycles. The van der Waals surface area contributed by atoms with Crippen LogP contribution >= 0.6 is 23.2 Å². The number of carbonyl (C=O) groups is 1. The Labute approximate surface area is 135 Å². The number of hydrogen-bond acceptors (Lipinski definition) is 3. The van der Waals surface area contributed by atoms with Crippen LogP contribution in [0.2, 0.25) is 10.0 Å². The van der Waals surface area contributed by atoms with Gasteiger partial charge in [-0.05, 0) is 30.7 Å². The maximum atomic E-state index is 11.9. The van der Waals surface area contributed by atoms with Crippen molar-refractivity contribution in [2.75, 3.05) is 39.4 Å². The lowest BCUT2D eigenvalue weighted by atomic mass is 10.1. The zero-order chi connectivity index (χ0) is 15.1. The quantitative estimate of drug-likeness (QED) is 0.814. The lowest BCUT2D eigenvalue weighted by molar-refractivity contribution is -0.135. The zero-order valence-corrected chi connectivity index (χ0v) is 13.4. The smallest absolute Gasteiger partial charge is 0.224 e. The van der Waals surface area contributed by atoms with Crippen molar-refractivity contribution < 1.29 is 9.53 Å². The van der Waals surface area contributed by atoms with Crippen LogP contribution in [0, 0.1) is 0 Å². The summed E-state index contributed by atoms with van der Waals surface area (Å²) in [7, 11) is 0. The van der Waals surface area contributed by atoms with E-state index in [2.05, 4.69) is 5.32 Å². The van der Waals surface area contributed by atoms with Gasteiger partial charge in [0.1, 0.15) is 0 Å². The molecule has 0 atom stereocenters. The van der Waals surface area contributed by atoms with Gasteiger partial charge < -0.3 is 15.0 Å². The Bertz CT molecular complexity index is 477. The van der Waals surface area contributed by atoms with Gasteiger partial charge in [-0.25, -0.2) is 0 Å². The van der Waals surface area contributed by atoms with E-state index in [0.717, 1.165) is 18.5 Å². The van der Waals surface area contributed by atoms with Crippen LogP contribution in [0.3, 0.4) is 0 Å². The largest absolute Gasteiger partial charge is 0.378 e. The second kappa shape index (κ2) is 8.59. The summed E-state index contributed by atoms with van der Waals surface area (Å²) in [5.41, 5.74) is 1.06. The minimum Gasteiger partial charge on any atom is -0.378 e. The number of nitrogens with zero attached hydrogens (tertiary/aromatic N) is 1. The summed E-state index contributed by atoms with van der Waals surface area (Å²) < 4.78 is 5.23. The van der Waals surface area contributed by atoms with Gasteiger partial charge >= 0.3 is 0 Å². The summed E-state index contributed by atoms with van der Waals surface area (Å²) in [5, 5.41) is 4.61. The van der Waals surface area contributed by atoms with E-state index in [1.807, 2.05) is 17.0 Å². The Kier molecular flexibility index (Phi) is 6.77. The highest BCUT2D eigenvalue weighted by Crippen LogP contribution is 2.20. The second-order valence-electron chi connectivity index (χ2n) is 4.98. The molecule has 1 saturated heterocycles. The second-order valence-corrected chi connectivity index (χ2v) is 5.82. The molecule has 21 heavy (non-hydrogen) atoms. The van der Waals surface area contributed by atoms with Crippen LogP contribution in [0.25, 0.3) is 0 Å². The van der Waals surface area contributed by atoms with Crippen molar-refractivity contribution in [3.05, 3.63) is 33.8 Å². The van der Waals surface area contributed by atoms with E-state index in [1.54, 1.807) is 6.07 Å². The fourth-order valence-corrected chi connectivity index (χ4v) is 2.74. The van der Waals surface area contributed by atoms with Crippen LogP contribution in [-0.2, 0) is 16.0 Å². The van der Waals surface area contributed by atoms with E-state index in [-0.39, 0.29) is 5.91 Å². The monoisotopic (exact) mass is 330 g/mol. The molecular weight excluding hydrogens is 311 g/mol. The van der Waals surface area contributed by atoms with Gasteiger partial charge in [0.25, 0.3) is 0 Å². The molecule has 0 unspecified atom stereocenters. The molecule has 2 rings (SSSR count). The summed E-state index contributed by atoms with van der Waals surface area (Å²) >= 11 is 12.0. The molecule has 1 amide bonds. The van der Waals surface area contributed by atoms with Crippen molar-refractivity contribution in [2.45, 2.75) is 12.8 Å². The summed E-state index contributed by atoms with van der Waals surface area (Å²) in [6.45, 7) is 4.18. The molecule has 1 aromatic rings. The van der Waals surface area contributed by atoms with Gasteiger partial charge in [0, 0.05) is 36.1 Å². The Morgan fingerprint density at radius 1 is 1.24 bits per heavy atom. The van der Waals surface area contributed by atoms with Crippen LogP contribution < -0.4 is 5.32 Å². The Morgan fingerprint density at radius 2 is 2.00 bits per heavy atom. The summed E-state index contributed by atoms with van der Waals surface area (Å²) in [6, 6.07) is 5.52. The number of nitrogens with one attached hydrogen (secondary N) is 1. The fraction of sp³-hybridized carbons (Fsp3) is 0.533. The summed E-state index contributed by atoms with van der Waals surface area (Å²) in [4.78, 5) is 13.8. The van der Waals surface area contributed by atoms with Gasteiger partial charge in [-0.1, -0.05) is 29.3 Å². The number of amides is 1. The van der Waals surface area contributed by atoms with E-state index in [4.69, 9.17) is 27.9 Å². The third kappa shape index (κ3) is 5.47. The lowest BCUT2D eigenvalue weighted by Gasteiger charge is -2.26. The number of morpholine rings is 1. The Hall–Kier alpha value is -0.810. The van der Waals surface area contributed by atoms with Gasteiger partial charge in [0.15, 0.2) is 0 Å². The van der Waals surface area contributed by atoms with E-state index in [1.165, 1.54) is 0 Å². The number of rotatable bonds is 6. The molecule has 1 fully saturated rings. The van der Waals surface area contributed by atoms with Crippen LogP contribution in [-0.4, -0.2) is 50.2 Å². The predicted octanol–water partition coefficient (Wildman–Crippen LogP) is 2.37. The first-order valence-electron chi connectivity index (χ1n) is 7.17. The third-order valence-electron chi connectivity index (χ3n) is 3.47. The first-order valence-corrected chi connectivity index (χ1v) is 7.92. The number of benzene rings is 1. The van der Waals surface area contributed by atoms with Crippen molar-refractivity contribution in [3.8, 4) is 0 Å². The third-order valence-corrected chi connectivity index (χ3v) is 4.05. The van der Waals surface area contributed by atoms with Crippen LogP contribution in [0.15, 0.2) is 18.2 Å². The Balaban J connectivity index is 1.62. The lowest BCUT2D eigenvalue weighted by Crippen LogP contribution is -2.41. The average molecular weight is 331 g/mol. The van der Waals surface area contributed by atoms with Gasteiger partial charge in [-0.3, -0.25) is 4.79 Å². The highest BCUT2D eigenvalue weighted by Gasteiger charge is 2.15. The molecule has 0 spiro atoms. The van der Waals surface area contributed by atoms with Crippen molar-refractivity contribution in [1.29, 1.82) is 0 Å². The first-order chi connectivity index (χ1) is 10.2. The Morgan fingerprint density at radius 3 is 2.71 bits per heavy atom. The maximum Gasteiger partial charge on any atom is 0.224 e. The number of hydrogen-bond donors (Lipinski definition) is 1. The molecule has 4 nitrogen and oxygen atoms in total. The molecule has 116 valence electrons. The SMILES string of the molecule is O=C(CCNCCc1ccc(Cl)cc1Cl)N1CCOCC1. The van der Waals surface area contributed by atoms with Crippen molar-refractivity contribution >= 4 is 29.1 Å². The van der Waals surface area contributed by atoms with E-state index in [0.29, 0.717) is 49.3 Å². The summed E-state index contributed by atoms with van der Waals surface area (Å²) in [6.07, 6.45) is 1.34. The van der Waals surface area contributed by atoms with Crippen LogP contribution in [0.4, 0.5) is 0 Å². The van der Waals surface area contributed by atoms with Crippen molar-refractivity contribution in [2.24, 2.45) is 0 Å². The molecule has 1 aliphatic heterocycles. The van der Waals surface area contributed by atoms with Crippen molar-refractivity contribution in [3.63, 3.8) is 0 Å². The molecular formula is C15H20Cl2N2O2. The van der Waals surface area contributed by atoms with E-state index in [9.17, 15) is 4.79 Å². The summed E-state index contributed by atoms with van der Waals surface area (Å²) in [5.74, 6) is 0.190.